The van der Waals surface area contributed by atoms with Crippen LogP contribution in [0.3, 0.4) is 0 Å². The SMILES string of the molecule is CCc1ccccc1C(=O)NOF. The number of benzene rings is 1. The Hall–Kier alpha value is -1.42. The van der Waals surface area contributed by atoms with Crippen LogP contribution >= 0.6 is 0 Å². The van der Waals surface area contributed by atoms with Gasteiger partial charge in [0.1, 0.15) is 0 Å². The number of rotatable bonds is 3. The van der Waals surface area contributed by atoms with E-state index in [2.05, 4.69) is 5.04 Å². The predicted molar refractivity (Wildman–Crippen MR) is 45.5 cm³/mol. The Labute approximate surface area is 75.4 Å². The number of hydroxylamine groups is 1. The lowest BCUT2D eigenvalue weighted by Gasteiger charge is -2.04. The summed E-state index contributed by atoms with van der Waals surface area (Å²) in [6, 6.07) is 6.97. The Morgan fingerprint density at radius 3 is 2.85 bits per heavy atom. The van der Waals surface area contributed by atoms with E-state index < -0.39 is 5.91 Å². The number of carbonyl (C=O) groups excluding carboxylic acids is 1. The van der Waals surface area contributed by atoms with Crippen LogP contribution in [-0.2, 0) is 11.5 Å². The quantitative estimate of drug-likeness (QED) is 0.725. The minimum absolute atomic E-state index is 0.433. The van der Waals surface area contributed by atoms with Crippen LogP contribution < -0.4 is 5.48 Å². The highest BCUT2D eigenvalue weighted by Crippen LogP contribution is 2.08. The molecule has 0 atom stereocenters. The van der Waals surface area contributed by atoms with Crippen molar-refractivity contribution in [1.29, 1.82) is 0 Å². The molecule has 13 heavy (non-hydrogen) atoms. The van der Waals surface area contributed by atoms with Crippen LogP contribution in [0, 0.1) is 0 Å². The lowest BCUT2D eigenvalue weighted by atomic mass is 10.1. The molecule has 0 aliphatic heterocycles. The Balaban J connectivity index is 2.92. The van der Waals surface area contributed by atoms with E-state index in [1.54, 1.807) is 17.6 Å². The van der Waals surface area contributed by atoms with Gasteiger partial charge in [-0.25, -0.2) is 0 Å². The van der Waals surface area contributed by atoms with E-state index in [0.717, 1.165) is 12.0 Å². The van der Waals surface area contributed by atoms with Gasteiger partial charge in [0, 0.05) is 5.56 Å². The fourth-order valence-corrected chi connectivity index (χ4v) is 1.14. The summed E-state index contributed by atoms with van der Waals surface area (Å²) >= 11 is 0. The van der Waals surface area contributed by atoms with E-state index in [4.69, 9.17) is 0 Å². The van der Waals surface area contributed by atoms with Crippen molar-refractivity contribution in [1.82, 2.24) is 5.48 Å². The zero-order valence-corrected chi connectivity index (χ0v) is 7.21. The largest absolute Gasteiger partial charge is 0.277 e. The number of aryl methyl sites for hydroxylation is 1. The van der Waals surface area contributed by atoms with Crippen molar-refractivity contribution in [3.05, 3.63) is 35.4 Å². The molecule has 0 aliphatic carbocycles. The van der Waals surface area contributed by atoms with Gasteiger partial charge in [0.25, 0.3) is 5.91 Å². The van der Waals surface area contributed by atoms with E-state index in [9.17, 15) is 9.32 Å². The first kappa shape index (κ1) is 9.67. The van der Waals surface area contributed by atoms with Gasteiger partial charge in [0.2, 0.25) is 0 Å². The second-order valence-corrected chi connectivity index (χ2v) is 2.52. The number of hydrogen-bond donors (Lipinski definition) is 1. The maximum absolute atomic E-state index is 11.3. The second-order valence-electron chi connectivity index (χ2n) is 2.52. The van der Waals surface area contributed by atoms with Crippen molar-refractivity contribution >= 4 is 5.91 Å². The van der Waals surface area contributed by atoms with Crippen LogP contribution in [0.1, 0.15) is 22.8 Å². The molecule has 0 heterocycles. The Morgan fingerprint density at radius 1 is 1.54 bits per heavy atom. The van der Waals surface area contributed by atoms with Gasteiger partial charge in [-0.1, -0.05) is 30.2 Å². The summed E-state index contributed by atoms with van der Waals surface area (Å²) in [6.45, 7) is 1.92. The molecule has 0 saturated carbocycles. The summed E-state index contributed by atoms with van der Waals surface area (Å²) < 4.78 is 11.3. The van der Waals surface area contributed by atoms with Gasteiger partial charge in [0.05, 0.1) is 0 Å². The minimum atomic E-state index is -0.569. The first-order valence-corrected chi connectivity index (χ1v) is 3.95. The van der Waals surface area contributed by atoms with Crippen molar-refractivity contribution in [2.75, 3.05) is 0 Å². The molecule has 70 valence electrons. The molecular formula is C9H10FNO2. The summed E-state index contributed by atoms with van der Waals surface area (Å²) in [5.41, 5.74) is 2.92. The van der Waals surface area contributed by atoms with Crippen LogP contribution in [0.2, 0.25) is 0 Å². The van der Waals surface area contributed by atoms with Crippen molar-refractivity contribution in [2.24, 2.45) is 0 Å². The van der Waals surface area contributed by atoms with Gasteiger partial charge in [-0.2, -0.15) is 5.48 Å². The van der Waals surface area contributed by atoms with Crippen LogP contribution in [0.4, 0.5) is 4.53 Å². The lowest BCUT2D eigenvalue weighted by molar-refractivity contribution is -0.176. The van der Waals surface area contributed by atoms with Gasteiger partial charge in [-0.15, -0.1) is 0 Å². The lowest BCUT2D eigenvalue weighted by Crippen LogP contribution is -2.21. The number of carbonyl (C=O) groups is 1. The molecule has 0 fully saturated rings. The molecule has 0 aliphatic rings. The average molecular weight is 183 g/mol. The van der Waals surface area contributed by atoms with Crippen LogP contribution in [0.5, 0.6) is 0 Å². The fraction of sp³-hybridized carbons (Fsp3) is 0.222. The van der Waals surface area contributed by atoms with Crippen LogP contribution in [-0.4, -0.2) is 5.91 Å². The fourth-order valence-electron chi connectivity index (χ4n) is 1.14. The molecule has 0 bridgehead atoms. The summed E-state index contributed by atoms with van der Waals surface area (Å²) in [5.74, 6) is -0.569. The second kappa shape index (κ2) is 4.57. The smallest absolute Gasteiger partial charge is 0.267 e. The first-order chi connectivity index (χ1) is 6.29. The maximum Gasteiger partial charge on any atom is 0.277 e. The zero-order valence-electron chi connectivity index (χ0n) is 7.21. The molecule has 0 saturated heterocycles. The van der Waals surface area contributed by atoms with Crippen LogP contribution in [0.25, 0.3) is 0 Å². The minimum Gasteiger partial charge on any atom is -0.267 e. The number of amides is 1. The molecule has 1 N–H and O–H groups in total. The van der Waals surface area contributed by atoms with Crippen molar-refractivity contribution in [2.45, 2.75) is 13.3 Å². The maximum atomic E-state index is 11.3. The van der Waals surface area contributed by atoms with Crippen LogP contribution in [0.15, 0.2) is 24.3 Å². The molecule has 3 nitrogen and oxygen atoms in total. The molecule has 0 aromatic heterocycles. The molecule has 1 amide bonds. The van der Waals surface area contributed by atoms with Gasteiger partial charge < -0.3 is 0 Å². The van der Waals surface area contributed by atoms with E-state index in [0.29, 0.717) is 5.56 Å². The summed E-state index contributed by atoms with van der Waals surface area (Å²) in [7, 11) is 0. The van der Waals surface area contributed by atoms with Crippen molar-refractivity contribution < 1.29 is 14.4 Å². The molecule has 0 radical (unpaired) electrons. The molecular weight excluding hydrogens is 173 g/mol. The summed E-state index contributed by atoms with van der Waals surface area (Å²) in [4.78, 5) is 11.1. The van der Waals surface area contributed by atoms with Gasteiger partial charge in [-0.05, 0) is 22.6 Å². The summed E-state index contributed by atoms with van der Waals surface area (Å²) in [5, 5.41) is 3.06. The number of halogens is 1. The average Bonchev–Trinajstić information content (AvgIpc) is 2.18. The monoisotopic (exact) mass is 183 g/mol. The third-order valence-electron chi connectivity index (χ3n) is 1.77. The van der Waals surface area contributed by atoms with Gasteiger partial charge in [-0.3, -0.25) is 4.79 Å². The Morgan fingerprint density at radius 2 is 2.23 bits per heavy atom. The highest BCUT2D eigenvalue weighted by atomic mass is 19.3. The van der Waals surface area contributed by atoms with Gasteiger partial charge in [0.15, 0.2) is 0 Å². The number of nitrogens with one attached hydrogen (secondary N) is 1. The van der Waals surface area contributed by atoms with E-state index in [1.807, 2.05) is 19.1 Å². The molecule has 1 aromatic rings. The van der Waals surface area contributed by atoms with E-state index in [-0.39, 0.29) is 0 Å². The highest BCUT2D eigenvalue weighted by molar-refractivity contribution is 5.94. The summed E-state index contributed by atoms with van der Waals surface area (Å²) in [6.07, 6.45) is 0.718. The molecule has 1 aromatic carbocycles. The standard InChI is InChI=1S/C9H10FNO2/c1-2-7-5-3-4-6-8(7)9(12)11-13-10/h3-6H,2H2,1H3,(H,11,12). The topological polar surface area (TPSA) is 38.3 Å². The molecule has 1 rings (SSSR count). The van der Waals surface area contributed by atoms with Crippen molar-refractivity contribution in [3.63, 3.8) is 0 Å². The third-order valence-corrected chi connectivity index (χ3v) is 1.77. The molecule has 4 heteroatoms. The predicted octanol–water partition coefficient (Wildman–Crippen LogP) is 1.79. The van der Waals surface area contributed by atoms with Gasteiger partial charge >= 0.3 is 0 Å². The normalized spacial score (nSPS) is 9.69. The third kappa shape index (κ3) is 2.26. The Bertz CT molecular complexity index is 301. The van der Waals surface area contributed by atoms with Crippen molar-refractivity contribution in [3.8, 4) is 0 Å². The van der Waals surface area contributed by atoms with E-state index in [1.165, 1.54) is 0 Å². The zero-order chi connectivity index (χ0) is 9.68. The first-order valence-electron chi connectivity index (χ1n) is 3.95. The molecule has 0 spiro atoms. The molecule has 0 unspecified atom stereocenters. The number of hydrogen-bond acceptors (Lipinski definition) is 2. The Kier molecular flexibility index (Phi) is 3.40. The van der Waals surface area contributed by atoms with E-state index >= 15 is 0 Å². The highest BCUT2D eigenvalue weighted by Gasteiger charge is 2.08.